The van der Waals surface area contributed by atoms with Gasteiger partial charge in [0.05, 0.1) is 27.7 Å². The van der Waals surface area contributed by atoms with Crippen LogP contribution >= 0.6 is 11.6 Å². The Kier molecular flexibility index (Phi) is 13.5. The van der Waals surface area contributed by atoms with Crippen LogP contribution in [0.1, 0.15) is 67.9 Å². The Bertz CT molecular complexity index is 2460. The highest BCUT2D eigenvalue weighted by Gasteiger charge is 2.28. The van der Waals surface area contributed by atoms with Crippen molar-refractivity contribution in [2.75, 3.05) is 38.0 Å². The van der Waals surface area contributed by atoms with Crippen LogP contribution in [0, 0.1) is 0 Å². The molecule has 1 amide bonds. The molecule has 1 aliphatic heterocycles. The Labute approximate surface area is 349 Å². The highest BCUT2D eigenvalue weighted by Crippen LogP contribution is 2.31. The smallest absolute Gasteiger partial charge is 0.251 e. The maximum Gasteiger partial charge on any atom is 0.251 e. The van der Waals surface area contributed by atoms with Gasteiger partial charge in [0, 0.05) is 79.6 Å². The number of pyridine rings is 1. The fourth-order valence-electron chi connectivity index (χ4n) is 8.05. The van der Waals surface area contributed by atoms with Crippen LogP contribution in [-0.2, 0) is 21.2 Å². The minimum Gasteiger partial charge on any atom is -0.506 e. The van der Waals surface area contributed by atoms with E-state index in [1.807, 2.05) is 12.1 Å². The molecule has 1 saturated carbocycles. The summed E-state index contributed by atoms with van der Waals surface area (Å²) in [6.45, 7) is 6.83. The SMILES string of the molecule is C[C@@H](c1ccc(S(=O)(=O)c2cccc(OC=CC(=O)Nc3ccc(CNC[C@H](O)c4ccc(O)c5[nH]c(=O)ccc45)c(Cl)c3)c2)cc1)N1CCN(C2CCCCC2)CC1. The average molecular weight is 840 g/mol. The molecule has 1 aromatic heterocycles. The van der Waals surface area contributed by atoms with Crippen LogP contribution < -0.4 is 20.9 Å². The Balaban J connectivity index is 0.882. The standard InChI is InChI=1S/C45H50ClN5O7S/c1-30(50-21-23-51(24-22-50)34-6-3-2-4-7-34)31-11-14-36(15-12-31)59(56,57)37-9-5-8-35(27-37)58-25-20-44(55)48-33-13-10-32(40(46)26-33)28-47-29-42(53)38-16-18-41(52)45-39(38)17-19-43(54)49-45/h5,8-20,25-27,30,34,42,47,52-53H,2-4,6-7,21-24,28-29H2,1H3,(H,48,55)(H,49,54)/t30-,42-/m0/s1. The molecule has 0 bridgehead atoms. The number of nitrogens with one attached hydrogen (secondary N) is 3. The molecule has 2 aliphatic rings. The number of anilines is 1. The van der Waals surface area contributed by atoms with Gasteiger partial charge in [-0.1, -0.05) is 61.2 Å². The zero-order chi connectivity index (χ0) is 41.5. The Morgan fingerprint density at radius 1 is 0.949 bits per heavy atom. The number of aliphatic hydroxyl groups excluding tert-OH is 1. The first-order chi connectivity index (χ1) is 28.5. The summed E-state index contributed by atoms with van der Waals surface area (Å²) in [7, 11) is -3.82. The highest BCUT2D eigenvalue weighted by molar-refractivity contribution is 7.91. The number of halogens is 1. The van der Waals surface area contributed by atoms with Gasteiger partial charge in [0.1, 0.15) is 11.5 Å². The van der Waals surface area contributed by atoms with Crippen molar-refractivity contribution in [2.24, 2.45) is 0 Å². The second kappa shape index (κ2) is 18.9. The number of aliphatic hydroxyl groups is 1. The van der Waals surface area contributed by atoms with E-state index in [4.69, 9.17) is 16.3 Å². The van der Waals surface area contributed by atoms with E-state index in [0.29, 0.717) is 28.2 Å². The quantitative estimate of drug-likeness (QED) is 0.0577. The fraction of sp³-hybridized carbons (Fsp3) is 0.333. The summed E-state index contributed by atoms with van der Waals surface area (Å²) in [4.78, 5) is 32.4. The van der Waals surface area contributed by atoms with Gasteiger partial charge in [-0.2, -0.15) is 0 Å². The lowest BCUT2D eigenvalue weighted by molar-refractivity contribution is -0.112. The third-order valence-corrected chi connectivity index (χ3v) is 13.6. The zero-order valence-corrected chi connectivity index (χ0v) is 34.5. The molecule has 2 heterocycles. The highest BCUT2D eigenvalue weighted by atomic mass is 35.5. The van der Waals surface area contributed by atoms with E-state index in [9.17, 15) is 28.2 Å². The number of fused-ring (bicyclic) bond motifs is 1. The molecule has 59 heavy (non-hydrogen) atoms. The van der Waals surface area contributed by atoms with E-state index in [2.05, 4.69) is 32.3 Å². The van der Waals surface area contributed by atoms with E-state index in [0.717, 1.165) is 43.3 Å². The molecule has 0 spiro atoms. The number of H-pyrrole nitrogens is 1. The molecule has 0 unspecified atom stereocenters. The summed E-state index contributed by atoms with van der Waals surface area (Å²) in [5, 5.41) is 27.8. The van der Waals surface area contributed by atoms with E-state index in [1.54, 1.807) is 54.6 Å². The number of sulfone groups is 1. The van der Waals surface area contributed by atoms with Crippen LogP contribution in [0.2, 0.25) is 5.02 Å². The molecule has 7 rings (SSSR count). The van der Waals surface area contributed by atoms with E-state index in [1.165, 1.54) is 68.7 Å². The van der Waals surface area contributed by atoms with E-state index < -0.39 is 21.8 Å². The third kappa shape index (κ3) is 10.2. The second-order valence-electron chi connectivity index (χ2n) is 15.2. The van der Waals surface area contributed by atoms with E-state index in [-0.39, 0.29) is 45.0 Å². The minimum absolute atomic E-state index is 0.0811. The molecule has 0 radical (unpaired) electrons. The number of phenolic OH excluding ortho intramolecular Hbond substituents is 1. The molecule has 5 aromatic rings. The lowest BCUT2D eigenvalue weighted by Crippen LogP contribution is -2.51. The number of rotatable bonds is 14. The first-order valence-corrected chi connectivity index (χ1v) is 21.9. The average Bonchev–Trinajstić information content (AvgIpc) is 3.25. The Hall–Kier alpha value is -5.02. The number of nitrogens with zero attached hydrogens (tertiary/aromatic N) is 2. The van der Waals surface area contributed by atoms with Crippen molar-refractivity contribution < 1.29 is 28.2 Å². The van der Waals surface area contributed by atoms with Crippen molar-refractivity contribution in [1.82, 2.24) is 20.1 Å². The number of ether oxygens (including phenoxy) is 1. The summed E-state index contributed by atoms with van der Waals surface area (Å²) in [6.07, 6.45) is 8.10. The number of hydrogen-bond acceptors (Lipinski definition) is 10. The van der Waals surface area contributed by atoms with Crippen LogP contribution in [0.5, 0.6) is 11.5 Å². The summed E-state index contributed by atoms with van der Waals surface area (Å²) >= 11 is 6.51. The van der Waals surface area contributed by atoms with Gasteiger partial charge in [-0.15, -0.1) is 0 Å². The lowest BCUT2D eigenvalue weighted by Gasteiger charge is -2.42. The van der Waals surface area contributed by atoms with Crippen LogP contribution in [0.3, 0.4) is 0 Å². The monoisotopic (exact) mass is 839 g/mol. The molecule has 14 heteroatoms. The molecule has 5 N–H and O–H groups in total. The van der Waals surface area contributed by atoms with Gasteiger partial charge in [0.15, 0.2) is 0 Å². The topological polar surface area (TPSA) is 164 Å². The number of hydrogen-bond donors (Lipinski definition) is 5. The molecule has 2 fully saturated rings. The van der Waals surface area contributed by atoms with Crippen molar-refractivity contribution in [1.29, 1.82) is 0 Å². The van der Waals surface area contributed by atoms with Gasteiger partial charge >= 0.3 is 0 Å². The number of phenols is 1. The van der Waals surface area contributed by atoms with Crippen molar-refractivity contribution >= 4 is 43.9 Å². The van der Waals surface area contributed by atoms with Crippen molar-refractivity contribution in [3.8, 4) is 11.5 Å². The van der Waals surface area contributed by atoms with E-state index >= 15 is 0 Å². The summed E-state index contributed by atoms with van der Waals surface area (Å²) in [5.74, 6) is -0.314. The van der Waals surface area contributed by atoms with Crippen LogP contribution in [0.15, 0.2) is 118 Å². The first-order valence-electron chi connectivity index (χ1n) is 20.1. The Morgan fingerprint density at radius 2 is 1.71 bits per heavy atom. The number of benzene rings is 4. The maximum absolute atomic E-state index is 13.6. The second-order valence-corrected chi connectivity index (χ2v) is 17.6. The van der Waals surface area contributed by atoms with Gasteiger partial charge in [-0.05, 0) is 91.1 Å². The van der Waals surface area contributed by atoms with Gasteiger partial charge in [0.2, 0.25) is 15.4 Å². The minimum atomic E-state index is -3.82. The Morgan fingerprint density at radius 3 is 2.46 bits per heavy atom. The number of amides is 1. The largest absolute Gasteiger partial charge is 0.506 e. The molecule has 2 atom stereocenters. The number of piperazine rings is 1. The first kappa shape index (κ1) is 42.1. The summed E-state index contributed by atoms with van der Waals surface area (Å²) in [6, 6.07) is 25.2. The van der Waals surface area contributed by atoms with Gasteiger partial charge in [-0.25, -0.2) is 8.42 Å². The molecular weight excluding hydrogens is 790 g/mol. The molecular formula is C45H50ClN5O7S. The molecule has 310 valence electrons. The van der Waals surface area contributed by atoms with Gasteiger partial charge in [0.25, 0.3) is 5.91 Å². The van der Waals surface area contributed by atoms with Crippen molar-refractivity contribution in [3.63, 3.8) is 0 Å². The number of aromatic hydroxyl groups is 1. The van der Waals surface area contributed by atoms with Crippen molar-refractivity contribution in [3.05, 3.63) is 135 Å². The molecule has 1 saturated heterocycles. The third-order valence-electron chi connectivity index (χ3n) is 11.4. The fourth-order valence-corrected chi connectivity index (χ4v) is 9.60. The normalized spacial score (nSPS) is 16.9. The van der Waals surface area contributed by atoms with Crippen LogP contribution in [0.25, 0.3) is 10.9 Å². The van der Waals surface area contributed by atoms with Crippen LogP contribution in [-0.4, -0.2) is 78.1 Å². The molecule has 12 nitrogen and oxygen atoms in total. The number of aromatic amines is 1. The predicted molar refractivity (Wildman–Crippen MR) is 230 cm³/mol. The van der Waals surface area contributed by atoms with Crippen LogP contribution in [0.4, 0.5) is 5.69 Å². The zero-order valence-electron chi connectivity index (χ0n) is 32.9. The number of aromatic nitrogens is 1. The summed E-state index contributed by atoms with van der Waals surface area (Å²) in [5.41, 5.74) is 2.70. The predicted octanol–water partition coefficient (Wildman–Crippen LogP) is 7.09. The lowest BCUT2D eigenvalue weighted by atomic mass is 9.93. The van der Waals surface area contributed by atoms with Crippen molar-refractivity contribution in [2.45, 2.75) is 73.6 Å². The summed E-state index contributed by atoms with van der Waals surface area (Å²) < 4.78 is 32.8. The molecule has 4 aromatic carbocycles. The molecule has 1 aliphatic carbocycles. The van der Waals surface area contributed by atoms with Gasteiger partial charge < -0.3 is 30.6 Å². The number of carbonyl (C=O) groups excluding carboxylic acids is 1. The number of carbonyl (C=O) groups is 1. The van der Waals surface area contributed by atoms with Gasteiger partial charge in [-0.3, -0.25) is 19.4 Å². The maximum atomic E-state index is 13.6.